The topological polar surface area (TPSA) is 41.5 Å². The maximum atomic E-state index is 12.5. The minimum Gasteiger partial charge on any atom is -0.496 e. The van der Waals surface area contributed by atoms with Gasteiger partial charge in [-0.15, -0.1) is 0 Å². The summed E-state index contributed by atoms with van der Waals surface area (Å²) in [5.41, 5.74) is 0.759. The van der Waals surface area contributed by atoms with Gasteiger partial charge in [0.1, 0.15) is 5.75 Å². The predicted octanol–water partition coefficient (Wildman–Crippen LogP) is 2.19. The molecule has 1 aromatic carbocycles. The minimum atomic E-state index is -4.46. The van der Waals surface area contributed by atoms with Crippen LogP contribution in [0.1, 0.15) is 11.1 Å². The fraction of sp³-hybridized carbons (Fsp3) is 0.333. The summed E-state index contributed by atoms with van der Waals surface area (Å²) in [7, 11) is 1.27. The first kappa shape index (κ1) is 11.8. The Morgan fingerprint density at radius 1 is 1.40 bits per heavy atom. The van der Waals surface area contributed by atoms with Crippen LogP contribution in [0.5, 0.6) is 5.75 Å². The number of rotatable bonds is 3. The van der Waals surface area contributed by atoms with Gasteiger partial charge in [0.25, 0.3) is 0 Å². The molecule has 0 heterocycles. The molecule has 1 aromatic rings. The van der Waals surface area contributed by atoms with Crippen LogP contribution >= 0.6 is 0 Å². The fourth-order valence-corrected chi connectivity index (χ4v) is 1.28. The van der Waals surface area contributed by atoms with Crippen molar-refractivity contribution in [1.29, 1.82) is 0 Å². The molecule has 3 nitrogen and oxygen atoms in total. The molecule has 0 bridgehead atoms. The quantitative estimate of drug-likeness (QED) is 0.769. The highest BCUT2D eigenvalue weighted by Crippen LogP contribution is 2.35. The molecular formula is C9H10F3NO2. The molecule has 2 N–H and O–H groups in total. The monoisotopic (exact) mass is 221 g/mol. The average Bonchev–Trinajstić information content (AvgIpc) is 2.17. The van der Waals surface area contributed by atoms with Gasteiger partial charge in [0.15, 0.2) is 0 Å². The molecule has 0 saturated carbocycles. The largest absolute Gasteiger partial charge is 0.496 e. The number of hydroxylamine groups is 1. The highest BCUT2D eigenvalue weighted by molar-refractivity contribution is 5.41. The van der Waals surface area contributed by atoms with Crippen LogP contribution < -0.4 is 10.2 Å². The molecule has 0 unspecified atom stereocenters. The number of methoxy groups -OCH3 is 1. The lowest BCUT2D eigenvalue weighted by Gasteiger charge is -2.15. The van der Waals surface area contributed by atoms with E-state index in [0.717, 1.165) is 6.07 Å². The Hall–Kier alpha value is -1.27. The molecule has 0 fully saturated rings. The number of halogens is 3. The number of hydrogen-bond acceptors (Lipinski definition) is 3. The van der Waals surface area contributed by atoms with Crippen molar-refractivity contribution in [3.8, 4) is 5.75 Å². The number of hydrogen-bond donors (Lipinski definition) is 2. The zero-order valence-corrected chi connectivity index (χ0v) is 7.93. The Kier molecular flexibility index (Phi) is 3.54. The maximum absolute atomic E-state index is 12.5. The van der Waals surface area contributed by atoms with Crippen molar-refractivity contribution in [1.82, 2.24) is 5.48 Å². The number of alkyl halides is 3. The van der Waals surface area contributed by atoms with E-state index < -0.39 is 11.7 Å². The lowest BCUT2D eigenvalue weighted by atomic mass is 10.1. The second kappa shape index (κ2) is 4.50. The van der Waals surface area contributed by atoms with E-state index in [1.54, 1.807) is 5.48 Å². The van der Waals surface area contributed by atoms with Crippen molar-refractivity contribution in [2.24, 2.45) is 0 Å². The third kappa shape index (κ3) is 2.60. The second-order valence-corrected chi connectivity index (χ2v) is 2.82. The minimum absolute atomic E-state index is 0.0892. The first-order valence-corrected chi connectivity index (χ1v) is 4.10. The van der Waals surface area contributed by atoms with Gasteiger partial charge < -0.3 is 9.94 Å². The molecule has 0 saturated heterocycles. The molecule has 0 amide bonds. The van der Waals surface area contributed by atoms with E-state index in [9.17, 15) is 13.2 Å². The van der Waals surface area contributed by atoms with Crippen LogP contribution in [0.25, 0.3) is 0 Å². The molecule has 0 aliphatic rings. The number of benzene rings is 1. The van der Waals surface area contributed by atoms with Crippen LogP contribution in [0, 0.1) is 0 Å². The van der Waals surface area contributed by atoms with E-state index in [0.29, 0.717) is 0 Å². The first-order valence-electron chi connectivity index (χ1n) is 4.10. The third-order valence-corrected chi connectivity index (χ3v) is 1.91. The summed E-state index contributed by atoms with van der Waals surface area (Å²) in [5, 5.41) is 8.46. The van der Waals surface area contributed by atoms with Crippen molar-refractivity contribution >= 4 is 0 Å². The molecule has 0 radical (unpaired) electrons. The maximum Gasteiger partial charge on any atom is 0.416 e. The zero-order chi connectivity index (χ0) is 11.5. The lowest BCUT2D eigenvalue weighted by Crippen LogP contribution is -2.15. The van der Waals surface area contributed by atoms with Crippen molar-refractivity contribution in [2.75, 3.05) is 7.11 Å². The van der Waals surface area contributed by atoms with Crippen LogP contribution in [0.3, 0.4) is 0 Å². The highest BCUT2D eigenvalue weighted by atomic mass is 19.4. The fourth-order valence-electron chi connectivity index (χ4n) is 1.28. The highest BCUT2D eigenvalue weighted by Gasteiger charge is 2.34. The van der Waals surface area contributed by atoms with Gasteiger partial charge >= 0.3 is 6.18 Å². The van der Waals surface area contributed by atoms with E-state index in [2.05, 4.69) is 0 Å². The van der Waals surface area contributed by atoms with Crippen LogP contribution in [0.15, 0.2) is 18.2 Å². The van der Waals surface area contributed by atoms with Crippen LogP contribution in [-0.4, -0.2) is 12.3 Å². The lowest BCUT2D eigenvalue weighted by molar-refractivity contribution is -0.138. The van der Waals surface area contributed by atoms with Gasteiger partial charge in [-0.3, -0.25) is 0 Å². The smallest absolute Gasteiger partial charge is 0.416 e. The SMILES string of the molecule is COc1cccc(C(F)(F)F)c1CNO. The number of ether oxygens (including phenoxy) is 1. The summed E-state index contributed by atoms with van der Waals surface area (Å²) in [6.45, 7) is -0.321. The Morgan fingerprint density at radius 3 is 2.53 bits per heavy atom. The summed E-state index contributed by atoms with van der Waals surface area (Å²) in [6, 6.07) is 3.60. The molecule has 1 rings (SSSR count). The number of nitrogens with one attached hydrogen (secondary N) is 1. The van der Waals surface area contributed by atoms with Crippen LogP contribution in [0.4, 0.5) is 13.2 Å². The van der Waals surface area contributed by atoms with Crippen molar-refractivity contribution < 1.29 is 23.1 Å². The average molecular weight is 221 g/mol. The molecule has 0 spiro atoms. The molecule has 84 valence electrons. The standard InChI is InChI=1S/C9H10F3NO2/c1-15-8-4-2-3-7(9(10,11)12)6(8)5-13-14/h2-4,13-14H,5H2,1H3. The van der Waals surface area contributed by atoms with E-state index in [-0.39, 0.29) is 17.9 Å². The molecule has 6 heteroatoms. The van der Waals surface area contributed by atoms with Gasteiger partial charge in [0, 0.05) is 5.56 Å². The third-order valence-electron chi connectivity index (χ3n) is 1.91. The Morgan fingerprint density at radius 2 is 2.07 bits per heavy atom. The normalized spacial score (nSPS) is 11.5. The van der Waals surface area contributed by atoms with Crippen molar-refractivity contribution in [3.63, 3.8) is 0 Å². The van der Waals surface area contributed by atoms with Gasteiger partial charge in [0.2, 0.25) is 0 Å². The van der Waals surface area contributed by atoms with E-state index >= 15 is 0 Å². The molecule has 0 aromatic heterocycles. The molecule has 0 aliphatic heterocycles. The van der Waals surface area contributed by atoms with Crippen molar-refractivity contribution in [2.45, 2.75) is 12.7 Å². The summed E-state index contributed by atoms with van der Waals surface area (Å²) in [5.74, 6) is 0.0892. The molecule has 15 heavy (non-hydrogen) atoms. The van der Waals surface area contributed by atoms with E-state index in [1.165, 1.54) is 19.2 Å². The van der Waals surface area contributed by atoms with Gasteiger partial charge in [-0.1, -0.05) is 6.07 Å². The van der Waals surface area contributed by atoms with Gasteiger partial charge in [-0.2, -0.15) is 13.2 Å². The summed E-state index contributed by atoms with van der Waals surface area (Å²) in [6.07, 6.45) is -4.46. The molecular weight excluding hydrogens is 211 g/mol. The van der Waals surface area contributed by atoms with Crippen molar-refractivity contribution in [3.05, 3.63) is 29.3 Å². The summed E-state index contributed by atoms with van der Waals surface area (Å²) < 4.78 is 42.4. The Labute approximate surface area is 84.4 Å². The molecule has 0 atom stereocenters. The van der Waals surface area contributed by atoms with Gasteiger partial charge in [-0.05, 0) is 12.1 Å². The predicted molar refractivity (Wildman–Crippen MR) is 46.6 cm³/mol. The zero-order valence-electron chi connectivity index (χ0n) is 7.93. The van der Waals surface area contributed by atoms with E-state index in [4.69, 9.17) is 9.94 Å². The summed E-state index contributed by atoms with van der Waals surface area (Å²) >= 11 is 0. The van der Waals surface area contributed by atoms with Crippen LogP contribution in [0.2, 0.25) is 0 Å². The molecule has 0 aliphatic carbocycles. The Bertz CT molecular complexity index is 339. The second-order valence-electron chi connectivity index (χ2n) is 2.82. The van der Waals surface area contributed by atoms with Gasteiger partial charge in [-0.25, -0.2) is 5.48 Å². The Balaban J connectivity index is 3.25. The summed E-state index contributed by atoms with van der Waals surface area (Å²) in [4.78, 5) is 0. The first-order chi connectivity index (χ1) is 7.00. The van der Waals surface area contributed by atoms with Gasteiger partial charge in [0.05, 0.1) is 19.2 Å². The van der Waals surface area contributed by atoms with E-state index in [1.807, 2.05) is 0 Å². The van der Waals surface area contributed by atoms with Crippen LogP contribution in [-0.2, 0) is 12.7 Å².